The van der Waals surface area contributed by atoms with Gasteiger partial charge in [-0.3, -0.25) is 0 Å². The van der Waals surface area contributed by atoms with Gasteiger partial charge in [0.15, 0.2) is 10.8 Å². The van der Waals surface area contributed by atoms with E-state index in [0.717, 1.165) is 12.2 Å². The van der Waals surface area contributed by atoms with Crippen LogP contribution < -0.4 is 10.6 Å². The van der Waals surface area contributed by atoms with Crippen molar-refractivity contribution in [3.8, 4) is 6.07 Å². The second-order valence-corrected chi connectivity index (χ2v) is 8.55. The van der Waals surface area contributed by atoms with Crippen LogP contribution in [0.4, 0.5) is 26.6 Å². The summed E-state index contributed by atoms with van der Waals surface area (Å²) in [6, 6.07) is 14.6. The van der Waals surface area contributed by atoms with Gasteiger partial charge in [0.1, 0.15) is 16.6 Å². The molecule has 0 radical (unpaired) electrons. The van der Waals surface area contributed by atoms with Gasteiger partial charge in [-0.2, -0.15) is 10.2 Å². The van der Waals surface area contributed by atoms with Gasteiger partial charge in [0.25, 0.3) is 0 Å². The van der Waals surface area contributed by atoms with Crippen LogP contribution in [-0.4, -0.2) is 29.0 Å². The van der Waals surface area contributed by atoms with Crippen LogP contribution in [-0.2, 0) is 6.54 Å². The van der Waals surface area contributed by atoms with E-state index < -0.39 is 5.82 Å². The molecule has 2 N–H and O–H groups in total. The lowest BCUT2D eigenvalue weighted by molar-refractivity contribution is 0.402. The summed E-state index contributed by atoms with van der Waals surface area (Å²) in [4.78, 5) is 10.9. The Kier molecular flexibility index (Phi) is 6.00. The molecule has 156 valence electrons. The summed E-state index contributed by atoms with van der Waals surface area (Å²) in [7, 11) is 4.06. The van der Waals surface area contributed by atoms with Gasteiger partial charge in [-0.25, -0.2) is 9.37 Å². The predicted molar refractivity (Wildman–Crippen MR) is 124 cm³/mol. The highest BCUT2D eigenvalue weighted by Crippen LogP contribution is 2.36. The maximum Gasteiger partial charge on any atom is 0.189 e. The van der Waals surface area contributed by atoms with Crippen molar-refractivity contribution in [2.24, 2.45) is 0 Å². The Bertz CT molecular complexity index is 1280. The van der Waals surface area contributed by atoms with Crippen molar-refractivity contribution in [2.45, 2.75) is 6.54 Å². The average molecular weight is 453 g/mol. The fraction of sp³-hybridized carbons (Fsp3) is 0.136. The molecule has 0 aliphatic rings. The Labute approximate surface area is 187 Å². The van der Waals surface area contributed by atoms with Crippen molar-refractivity contribution in [1.82, 2.24) is 14.9 Å². The monoisotopic (exact) mass is 452 g/mol. The number of nitrogens with zero attached hydrogens (tertiary/aromatic N) is 4. The van der Waals surface area contributed by atoms with E-state index in [9.17, 15) is 9.65 Å². The molecule has 0 saturated heterocycles. The Balaban J connectivity index is 1.64. The molecule has 0 aliphatic carbocycles. The van der Waals surface area contributed by atoms with Crippen LogP contribution in [0.2, 0.25) is 5.02 Å². The lowest BCUT2D eigenvalue weighted by Gasteiger charge is -2.10. The predicted octanol–water partition coefficient (Wildman–Crippen LogP) is 5.90. The molecule has 0 atom stereocenters. The molecule has 4 rings (SSSR count). The Morgan fingerprint density at radius 3 is 2.55 bits per heavy atom. The van der Waals surface area contributed by atoms with E-state index in [0.29, 0.717) is 32.4 Å². The molecule has 0 fully saturated rings. The second-order valence-electron chi connectivity index (χ2n) is 7.14. The summed E-state index contributed by atoms with van der Waals surface area (Å²) in [5, 5.41) is 16.6. The van der Waals surface area contributed by atoms with Gasteiger partial charge >= 0.3 is 0 Å². The number of benzene rings is 2. The second kappa shape index (κ2) is 8.86. The minimum Gasteiger partial charge on any atom is -0.353 e. The number of rotatable bonds is 6. The molecule has 0 saturated carbocycles. The minimum absolute atomic E-state index is 0.00168. The van der Waals surface area contributed by atoms with E-state index in [4.69, 9.17) is 11.6 Å². The number of fused-ring (bicyclic) bond motifs is 1. The summed E-state index contributed by atoms with van der Waals surface area (Å²) < 4.78 is 14.2. The highest BCUT2D eigenvalue weighted by molar-refractivity contribution is 7.22. The first-order valence-electron chi connectivity index (χ1n) is 9.35. The number of thiazole rings is 1. The number of anilines is 4. The number of halogens is 2. The molecule has 31 heavy (non-hydrogen) atoms. The minimum atomic E-state index is -0.506. The summed E-state index contributed by atoms with van der Waals surface area (Å²) in [6.45, 7) is 0.866. The van der Waals surface area contributed by atoms with Gasteiger partial charge in [0.05, 0.1) is 16.3 Å². The number of nitrogens with one attached hydrogen (secondary N) is 2. The highest BCUT2D eigenvalue weighted by Gasteiger charge is 2.15. The van der Waals surface area contributed by atoms with Crippen molar-refractivity contribution >= 4 is 55.5 Å². The van der Waals surface area contributed by atoms with E-state index in [-0.39, 0.29) is 5.02 Å². The van der Waals surface area contributed by atoms with E-state index in [1.165, 1.54) is 35.2 Å². The number of hydrogen-bond acceptors (Lipinski definition) is 7. The molecule has 4 aromatic rings. The summed E-state index contributed by atoms with van der Waals surface area (Å²) in [5.74, 6) is -0.506. The number of aromatic nitrogens is 2. The fourth-order valence-electron chi connectivity index (χ4n) is 3.04. The van der Waals surface area contributed by atoms with Gasteiger partial charge < -0.3 is 15.5 Å². The standard InChI is InChI=1S/C22H18ClFN6S/c1-30(2)12-13-3-5-15(6-4-13)28-22-29-21-20(31-22)19(14(10-25)11-26-21)27-16-7-8-18(24)17(23)9-16/h3-9,11H,12H2,1-2H3,(H2,26,27,28,29). The van der Waals surface area contributed by atoms with E-state index in [2.05, 4.69) is 43.7 Å². The quantitative estimate of drug-likeness (QED) is 0.379. The average Bonchev–Trinajstić information content (AvgIpc) is 3.15. The highest BCUT2D eigenvalue weighted by atomic mass is 35.5. The van der Waals surface area contributed by atoms with Crippen LogP contribution in [0.3, 0.4) is 0 Å². The van der Waals surface area contributed by atoms with Gasteiger partial charge in [-0.15, -0.1) is 0 Å². The molecule has 6 nitrogen and oxygen atoms in total. The van der Waals surface area contributed by atoms with Crippen molar-refractivity contribution in [3.05, 3.63) is 70.6 Å². The zero-order valence-electron chi connectivity index (χ0n) is 16.8. The zero-order chi connectivity index (χ0) is 22.0. The first kappa shape index (κ1) is 21.0. The van der Waals surface area contributed by atoms with Gasteiger partial charge in [0, 0.05) is 24.1 Å². The molecule has 0 spiro atoms. The molecule has 0 unspecified atom stereocenters. The molecular formula is C22H18ClFN6S. The molecule has 2 aromatic carbocycles. The number of hydrogen-bond donors (Lipinski definition) is 2. The number of pyridine rings is 1. The van der Waals surface area contributed by atoms with Crippen molar-refractivity contribution < 1.29 is 4.39 Å². The van der Waals surface area contributed by atoms with Crippen LogP contribution in [0.1, 0.15) is 11.1 Å². The normalized spacial score (nSPS) is 11.0. The molecule has 2 heterocycles. The molecule has 2 aromatic heterocycles. The van der Waals surface area contributed by atoms with Crippen LogP contribution in [0.25, 0.3) is 10.3 Å². The molecule has 0 bridgehead atoms. The van der Waals surface area contributed by atoms with Crippen LogP contribution in [0.15, 0.2) is 48.7 Å². The SMILES string of the molecule is CN(C)Cc1ccc(Nc2nc3ncc(C#N)c(Nc4ccc(F)c(Cl)c4)c3s2)cc1. The molecule has 0 amide bonds. The summed E-state index contributed by atoms with van der Waals surface area (Å²) in [5.41, 5.74) is 4.10. The molecule has 0 aliphatic heterocycles. The van der Waals surface area contributed by atoms with Crippen molar-refractivity contribution in [2.75, 3.05) is 24.7 Å². The lowest BCUT2D eigenvalue weighted by Crippen LogP contribution is -2.10. The third kappa shape index (κ3) is 4.75. The third-order valence-corrected chi connectivity index (χ3v) is 5.70. The van der Waals surface area contributed by atoms with Crippen molar-refractivity contribution in [3.63, 3.8) is 0 Å². The Hall–Kier alpha value is -3.25. The Morgan fingerprint density at radius 2 is 1.87 bits per heavy atom. The van der Waals surface area contributed by atoms with Gasteiger partial charge in [-0.1, -0.05) is 35.1 Å². The zero-order valence-corrected chi connectivity index (χ0v) is 18.4. The third-order valence-electron chi connectivity index (χ3n) is 4.44. The van der Waals surface area contributed by atoms with E-state index in [1.807, 2.05) is 26.2 Å². The first-order chi connectivity index (χ1) is 14.9. The van der Waals surface area contributed by atoms with E-state index >= 15 is 0 Å². The van der Waals surface area contributed by atoms with Crippen LogP contribution >= 0.6 is 22.9 Å². The van der Waals surface area contributed by atoms with Gasteiger partial charge in [-0.05, 0) is 50.0 Å². The topological polar surface area (TPSA) is 76.9 Å². The van der Waals surface area contributed by atoms with Crippen molar-refractivity contribution in [1.29, 1.82) is 5.26 Å². The summed E-state index contributed by atoms with van der Waals surface area (Å²) >= 11 is 7.27. The Morgan fingerprint density at radius 1 is 1.13 bits per heavy atom. The fourth-order valence-corrected chi connectivity index (χ4v) is 4.17. The van der Waals surface area contributed by atoms with Gasteiger partial charge in [0.2, 0.25) is 0 Å². The van der Waals surface area contributed by atoms with Crippen LogP contribution in [0.5, 0.6) is 0 Å². The maximum atomic E-state index is 13.5. The first-order valence-corrected chi connectivity index (χ1v) is 10.5. The summed E-state index contributed by atoms with van der Waals surface area (Å²) in [6.07, 6.45) is 1.47. The molecular weight excluding hydrogens is 435 g/mol. The maximum absolute atomic E-state index is 13.5. The van der Waals surface area contributed by atoms with E-state index in [1.54, 1.807) is 6.07 Å². The largest absolute Gasteiger partial charge is 0.353 e. The number of nitriles is 1. The lowest BCUT2D eigenvalue weighted by atomic mass is 10.2. The van der Waals surface area contributed by atoms with Crippen LogP contribution in [0, 0.1) is 17.1 Å². The smallest absolute Gasteiger partial charge is 0.189 e. The molecule has 9 heteroatoms.